The number of aromatic nitrogens is 2. The van der Waals surface area contributed by atoms with Crippen LogP contribution in [-0.2, 0) is 9.53 Å². The van der Waals surface area contributed by atoms with Crippen LogP contribution in [0.1, 0.15) is 29.1 Å². The summed E-state index contributed by atoms with van der Waals surface area (Å²) in [6, 6.07) is 4.18. The number of hydrogen-bond acceptors (Lipinski definition) is 7. The number of rotatable bonds is 3. The number of amides is 1. The smallest absolute Gasteiger partial charge is 0.475 e. The van der Waals surface area contributed by atoms with Gasteiger partial charge in [0.05, 0.1) is 18.8 Å². The highest BCUT2D eigenvalue weighted by Crippen LogP contribution is 2.33. The maximum atomic E-state index is 13.9. The van der Waals surface area contributed by atoms with E-state index in [2.05, 4.69) is 10.1 Å². The van der Waals surface area contributed by atoms with Gasteiger partial charge in [-0.2, -0.15) is 13.2 Å². The highest BCUT2D eigenvalue weighted by atomic mass is 19.4. The first-order chi connectivity index (χ1) is 15.1. The van der Waals surface area contributed by atoms with E-state index < -0.39 is 24.1 Å². The summed E-state index contributed by atoms with van der Waals surface area (Å²) in [7, 11) is 0. The molecular formula is C19H19F4N3O6. The zero-order chi connectivity index (χ0) is 23.5. The fraction of sp³-hybridized carbons (Fsp3) is 0.474. The van der Waals surface area contributed by atoms with Crippen molar-refractivity contribution in [2.24, 2.45) is 0 Å². The molecule has 1 saturated carbocycles. The number of pyridine rings is 1. The number of carboxylic acids is 1. The number of aliphatic carboxylic acids is 1. The number of fused-ring (bicyclic) bond motifs is 2. The van der Waals surface area contributed by atoms with Crippen molar-refractivity contribution >= 4 is 11.9 Å². The summed E-state index contributed by atoms with van der Waals surface area (Å²) in [5.74, 6) is -3.02. The van der Waals surface area contributed by atoms with Crippen molar-refractivity contribution in [1.82, 2.24) is 15.0 Å². The third kappa shape index (κ3) is 5.33. The predicted molar refractivity (Wildman–Crippen MR) is 97.3 cm³/mol. The first-order valence-electron chi connectivity index (χ1n) is 9.51. The largest absolute Gasteiger partial charge is 0.490 e. The molecule has 2 aliphatic rings. The van der Waals surface area contributed by atoms with Crippen LogP contribution >= 0.6 is 0 Å². The van der Waals surface area contributed by atoms with E-state index in [0.29, 0.717) is 25.3 Å². The molecular weight excluding hydrogens is 442 g/mol. The molecule has 1 aliphatic carbocycles. The van der Waals surface area contributed by atoms with Crippen LogP contribution in [0, 0.1) is 12.7 Å². The highest BCUT2D eigenvalue weighted by molar-refractivity contribution is 5.92. The lowest BCUT2D eigenvalue weighted by molar-refractivity contribution is -0.192. The van der Waals surface area contributed by atoms with Gasteiger partial charge in [0, 0.05) is 18.8 Å². The molecule has 3 unspecified atom stereocenters. The van der Waals surface area contributed by atoms with Gasteiger partial charge in [0.15, 0.2) is 11.5 Å². The maximum Gasteiger partial charge on any atom is 0.490 e. The summed E-state index contributed by atoms with van der Waals surface area (Å²) in [6.07, 6.45) is -2.82. The molecule has 2 bridgehead atoms. The Kier molecular flexibility index (Phi) is 6.96. The Hall–Kier alpha value is -3.22. The minimum atomic E-state index is -5.08. The van der Waals surface area contributed by atoms with Crippen LogP contribution in [0.4, 0.5) is 17.6 Å². The molecule has 2 aromatic rings. The molecule has 0 radical (unpaired) electrons. The molecule has 9 nitrogen and oxygen atoms in total. The molecule has 1 N–H and O–H groups in total. The molecule has 174 valence electrons. The fourth-order valence-corrected chi connectivity index (χ4v) is 3.50. The average molecular weight is 461 g/mol. The number of carbonyl (C=O) groups is 2. The van der Waals surface area contributed by atoms with Crippen LogP contribution < -0.4 is 4.74 Å². The Morgan fingerprint density at radius 2 is 2.03 bits per heavy atom. The Bertz CT molecular complexity index is 967. The van der Waals surface area contributed by atoms with Gasteiger partial charge in [-0.1, -0.05) is 5.16 Å². The molecule has 32 heavy (non-hydrogen) atoms. The quantitative estimate of drug-likeness (QED) is 0.694. The van der Waals surface area contributed by atoms with Crippen molar-refractivity contribution in [1.29, 1.82) is 0 Å². The summed E-state index contributed by atoms with van der Waals surface area (Å²) in [4.78, 5) is 27.4. The predicted octanol–water partition coefficient (Wildman–Crippen LogP) is 2.60. The Balaban J connectivity index is 0.000000360. The second kappa shape index (κ2) is 9.51. The molecule has 1 amide bonds. The van der Waals surface area contributed by atoms with Gasteiger partial charge in [-0.15, -0.1) is 0 Å². The van der Waals surface area contributed by atoms with Gasteiger partial charge in [0.25, 0.3) is 11.8 Å². The zero-order valence-corrected chi connectivity index (χ0v) is 16.7. The van der Waals surface area contributed by atoms with Crippen LogP contribution in [0.25, 0.3) is 0 Å². The third-order valence-electron chi connectivity index (χ3n) is 4.88. The maximum absolute atomic E-state index is 13.9. The van der Waals surface area contributed by atoms with E-state index in [-0.39, 0.29) is 29.6 Å². The molecule has 2 aromatic heterocycles. The summed E-state index contributed by atoms with van der Waals surface area (Å²) in [5, 5.41) is 10.9. The van der Waals surface area contributed by atoms with Crippen molar-refractivity contribution in [2.75, 3.05) is 13.2 Å². The number of hydrogen-bond donors (Lipinski definition) is 1. The molecule has 3 atom stereocenters. The molecule has 4 rings (SSSR count). The molecule has 3 heterocycles. The highest BCUT2D eigenvalue weighted by Gasteiger charge is 2.46. The molecule has 13 heteroatoms. The standard InChI is InChI=1S/C17H18FN3O4.C2HF3O2/c1-10-9-12(20-25-10)17(22)21-7-8-23-14-5-4-13(21)15(14)24-16-11(18)3-2-6-19-16;3-2(4,5)1(6)7/h2-3,6,9,13-15H,4-5,7-8H2,1H3;(H,6,7). The lowest BCUT2D eigenvalue weighted by atomic mass is 10.1. The third-order valence-corrected chi connectivity index (χ3v) is 4.88. The van der Waals surface area contributed by atoms with Gasteiger partial charge in [0.2, 0.25) is 0 Å². The number of nitrogens with zero attached hydrogens (tertiary/aromatic N) is 3. The average Bonchev–Trinajstić information content (AvgIpc) is 3.26. The second-order valence-corrected chi connectivity index (χ2v) is 7.05. The lowest BCUT2D eigenvalue weighted by Crippen LogP contribution is -2.48. The summed E-state index contributed by atoms with van der Waals surface area (Å²) in [5.41, 5.74) is 0.255. The van der Waals surface area contributed by atoms with E-state index in [1.165, 1.54) is 18.3 Å². The van der Waals surface area contributed by atoms with Crippen molar-refractivity contribution < 1.29 is 46.3 Å². The van der Waals surface area contributed by atoms with Gasteiger partial charge in [0.1, 0.15) is 11.9 Å². The van der Waals surface area contributed by atoms with Crippen molar-refractivity contribution in [3.05, 3.63) is 41.7 Å². The number of alkyl halides is 3. The van der Waals surface area contributed by atoms with Crippen molar-refractivity contribution in [3.8, 4) is 5.88 Å². The SMILES string of the molecule is Cc1cc(C(=O)N2CCOC3CCC2C3Oc2ncccc2F)no1.O=C(O)C(F)(F)F. The van der Waals surface area contributed by atoms with Crippen LogP contribution in [0.2, 0.25) is 0 Å². The first kappa shape index (κ1) is 23.4. The van der Waals surface area contributed by atoms with Gasteiger partial charge in [-0.05, 0) is 31.9 Å². The molecule has 1 saturated heterocycles. The van der Waals surface area contributed by atoms with Crippen LogP contribution in [0.5, 0.6) is 5.88 Å². The number of aryl methyl sites for hydroxylation is 1. The molecule has 0 spiro atoms. The van der Waals surface area contributed by atoms with Gasteiger partial charge >= 0.3 is 12.1 Å². The minimum absolute atomic E-state index is 0.0698. The molecule has 1 aliphatic heterocycles. The second-order valence-electron chi connectivity index (χ2n) is 7.05. The van der Waals surface area contributed by atoms with E-state index >= 15 is 0 Å². The minimum Gasteiger partial charge on any atom is -0.475 e. The van der Waals surface area contributed by atoms with Gasteiger partial charge < -0.3 is 24.0 Å². The fourth-order valence-electron chi connectivity index (χ4n) is 3.50. The van der Waals surface area contributed by atoms with Crippen LogP contribution in [-0.4, -0.2) is 69.6 Å². The van der Waals surface area contributed by atoms with E-state index in [9.17, 15) is 22.4 Å². The van der Waals surface area contributed by atoms with E-state index in [1.807, 2.05) is 0 Å². The lowest BCUT2D eigenvalue weighted by Gasteiger charge is -2.30. The summed E-state index contributed by atoms with van der Waals surface area (Å²) >= 11 is 0. The first-order valence-corrected chi connectivity index (χ1v) is 9.51. The Morgan fingerprint density at radius 1 is 1.31 bits per heavy atom. The number of ether oxygens (including phenoxy) is 2. The Morgan fingerprint density at radius 3 is 2.62 bits per heavy atom. The topological polar surface area (TPSA) is 115 Å². The van der Waals surface area contributed by atoms with Crippen LogP contribution in [0.15, 0.2) is 28.9 Å². The van der Waals surface area contributed by atoms with E-state index in [4.69, 9.17) is 23.9 Å². The van der Waals surface area contributed by atoms with E-state index in [0.717, 1.165) is 6.42 Å². The molecule has 2 fully saturated rings. The monoisotopic (exact) mass is 461 g/mol. The van der Waals surface area contributed by atoms with Crippen molar-refractivity contribution in [2.45, 2.75) is 44.2 Å². The van der Waals surface area contributed by atoms with Gasteiger partial charge in [-0.3, -0.25) is 4.79 Å². The number of carbonyl (C=O) groups excluding carboxylic acids is 1. The van der Waals surface area contributed by atoms with Crippen LogP contribution in [0.3, 0.4) is 0 Å². The normalized spacial score (nSPS) is 22.5. The van der Waals surface area contributed by atoms with Crippen molar-refractivity contribution in [3.63, 3.8) is 0 Å². The molecule has 0 aromatic carbocycles. The summed E-state index contributed by atoms with van der Waals surface area (Å²) < 4.78 is 62.3. The van der Waals surface area contributed by atoms with E-state index in [1.54, 1.807) is 17.9 Å². The zero-order valence-electron chi connectivity index (χ0n) is 16.7. The number of halogens is 4. The number of carboxylic acid groups (broad SMARTS) is 1. The Labute approximate surface area is 178 Å². The van der Waals surface area contributed by atoms with Gasteiger partial charge in [-0.25, -0.2) is 14.2 Å². The summed E-state index contributed by atoms with van der Waals surface area (Å²) in [6.45, 7) is 2.56.